The predicted octanol–water partition coefficient (Wildman–Crippen LogP) is 1.43. The van der Waals surface area contributed by atoms with Crippen LogP contribution in [0, 0.1) is 0 Å². The SMILES string of the molecule is COc1ccc(-c2cc3c(=O)n(CCCC(=O)O)ncn3n2)cc1. The summed E-state index contributed by atoms with van der Waals surface area (Å²) < 4.78 is 7.81. The number of fused-ring (bicyclic) bond motifs is 1. The lowest BCUT2D eigenvalue weighted by molar-refractivity contribution is -0.137. The van der Waals surface area contributed by atoms with Crippen molar-refractivity contribution in [3.63, 3.8) is 0 Å². The first-order valence-electron chi connectivity index (χ1n) is 7.40. The van der Waals surface area contributed by atoms with Gasteiger partial charge in [0, 0.05) is 18.5 Å². The number of rotatable bonds is 6. The van der Waals surface area contributed by atoms with E-state index in [1.165, 1.54) is 15.5 Å². The first-order chi connectivity index (χ1) is 11.6. The molecular weight excluding hydrogens is 312 g/mol. The number of carbonyl (C=O) groups is 1. The predicted molar refractivity (Wildman–Crippen MR) is 86.1 cm³/mol. The molecule has 1 aromatic carbocycles. The van der Waals surface area contributed by atoms with E-state index in [2.05, 4.69) is 10.2 Å². The molecule has 0 saturated carbocycles. The van der Waals surface area contributed by atoms with Crippen LogP contribution in [0.1, 0.15) is 12.8 Å². The largest absolute Gasteiger partial charge is 0.497 e. The van der Waals surface area contributed by atoms with Crippen LogP contribution in [0.3, 0.4) is 0 Å². The van der Waals surface area contributed by atoms with Gasteiger partial charge in [0.2, 0.25) is 0 Å². The summed E-state index contributed by atoms with van der Waals surface area (Å²) >= 11 is 0. The van der Waals surface area contributed by atoms with E-state index in [-0.39, 0.29) is 18.5 Å². The van der Waals surface area contributed by atoms with Crippen LogP contribution in [0.15, 0.2) is 41.5 Å². The van der Waals surface area contributed by atoms with Crippen LogP contribution < -0.4 is 10.3 Å². The molecule has 0 aliphatic carbocycles. The number of hydrogen-bond donors (Lipinski definition) is 1. The minimum absolute atomic E-state index is 0.00431. The number of benzene rings is 1. The van der Waals surface area contributed by atoms with Gasteiger partial charge in [0.1, 0.15) is 17.6 Å². The van der Waals surface area contributed by atoms with Crippen molar-refractivity contribution in [1.82, 2.24) is 19.4 Å². The number of ether oxygens (including phenoxy) is 1. The summed E-state index contributed by atoms with van der Waals surface area (Å²) in [7, 11) is 1.60. The van der Waals surface area contributed by atoms with E-state index in [0.29, 0.717) is 17.6 Å². The van der Waals surface area contributed by atoms with Crippen molar-refractivity contribution < 1.29 is 14.6 Å². The van der Waals surface area contributed by atoms with Gasteiger partial charge in [-0.05, 0) is 36.8 Å². The molecule has 0 spiro atoms. The fourth-order valence-corrected chi connectivity index (χ4v) is 2.38. The Morgan fingerprint density at radius 3 is 2.71 bits per heavy atom. The zero-order chi connectivity index (χ0) is 17.1. The number of hydrogen-bond acceptors (Lipinski definition) is 5. The average Bonchev–Trinajstić information content (AvgIpc) is 3.02. The van der Waals surface area contributed by atoms with E-state index >= 15 is 0 Å². The van der Waals surface area contributed by atoms with Gasteiger partial charge >= 0.3 is 5.97 Å². The number of aromatic nitrogens is 4. The average molecular weight is 328 g/mol. The second kappa shape index (κ2) is 6.53. The second-order valence-corrected chi connectivity index (χ2v) is 5.24. The Morgan fingerprint density at radius 2 is 2.04 bits per heavy atom. The Labute approximate surface area is 136 Å². The van der Waals surface area contributed by atoms with Gasteiger partial charge in [-0.15, -0.1) is 0 Å². The Kier molecular flexibility index (Phi) is 4.28. The van der Waals surface area contributed by atoms with E-state index in [9.17, 15) is 9.59 Å². The van der Waals surface area contributed by atoms with Gasteiger partial charge < -0.3 is 9.84 Å². The third-order valence-electron chi connectivity index (χ3n) is 3.64. The normalized spacial score (nSPS) is 10.9. The van der Waals surface area contributed by atoms with Gasteiger partial charge in [-0.1, -0.05) is 0 Å². The number of carboxylic acids is 1. The second-order valence-electron chi connectivity index (χ2n) is 5.24. The van der Waals surface area contributed by atoms with Crippen LogP contribution >= 0.6 is 0 Å². The molecule has 0 aliphatic rings. The molecule has 0 bridgehead atoms. The number of aliphatic carboxylic acids is 1. The number of methoxy groups -OCH3 is 1. The Morgan fingerprint density at radius 1 is 1.29 bits per heavy atom. The van der Waals surface area contributed by atoms with Gasteiger partial charge in [-0.25, -0.2) is 9.20 Å². The Balaban J connectivity index is 1.91. The first-order valence-corrected chi connectivity index (χ1v) is 7.40. The maximum Gasteiger partial charge on any atom is 0.303 e. The number of carboxylic acid groups (broad SMARTS) is 1. The van der Waals surface area contributed by atoms with Crippen molar-refractivity contribution in [2.75, 3.05) is 7.11 Å². The molecule has 8 heteroatoms. The topological polar surface area (TPSA) is 98.7 Å². The van der Waals surface area contributed by atoms with Crippen molar-refractivity contribution in [3.05, 3.63) is 47.0 Å². The summed E-state index contributed by atoms with van der Waals surface area (Å²) in [5.41, 5.74) is 1.61. The molecule has 24 heavy (non-hydrogen) atoms. The van der Waals surface area contributed by atoms with Crippen molar-refractivity contribution in [2.45, 2.75) is 19.4 Å². The van der Waals surface area contributed by atoms with E-state index in [1.807, 2.05) is 24.3 Å². The lowest BCUT2D eigenvalue weighted by Crippen LogP contribution is -2.25. The minimum atomic E-state index is -0.893. The molecule has 0 saturated heterocycles. The zero-order valence-corrected chi connectivity index (χ0v) is 13.0. The highest BCUT2D eigenvalue weighted by molar-refractivity contribution is 5.66. The van der Waals surface area contributed by atoms with Gasteiger partial charge in [-0.2, -0.15) is 10.2 Å². The summed E-state index contributed by atoms with van der Waals surface area (Å²) in [6, 6.07) is 9.06. The lowest BCUT2D eigenvalue weighted by Gasteiger charge is -2.02. The van der Waals surface area contributed by atoms with Crippen molar-refractivity contribution in [3.8, 4) is 17.0 Å². The summed E-state index contributed by atoms with van der Waals surface area (Å²) in [6.45, 7) is 0.255. The highest BCUT2D eigenvalue weighted by atomic mass is 16.5. The van der Waals surface area contributed by atoms with Gasteiger partial charge in [0.25, 0.3) is 5.56 Å². The molecule has 3 rings (SSSR count). The van der Waals surface area contributed by atoms with E-state index in [1.54, 1.807) is 13.2 Å². The van der Waals surface area contributed by atoms with Crippen molar-refractivity contribution in [2.24, 2.45) is 0 Å². The minimum Gasteiger partial charge on any atom is -0.497 e. The van der Waals surface area contributed by atoms with Crippen LogP contribution in [-0.2, 0) is 11.3 Å². The molecule has 124 valence electrons. The molecule has 8 nitrogen and oxygen atoms in total. The van der Waals surface area contributed by atoms with Crippen LogP contribution in [0.4, 0.5) is 0 Å². The molecular formula is C16H16N4O4. The smallest absolute Gasteiger partial charge is 0.303 e. The zero-order valence-electron chi connectivity index (χ0n) is 13.0. The van der Waals surface area contributed by atoms with E-state index < -0.39 is 5.97 Å². The van der Waals surface area contributed by atoms with Gasteiger partial charge in [-0.3, -0.25) is 9.59 Å². The summed E-state index contributed by atoms with van der Waals surface area (Å²) in [5.74, 6) is -0.153. The summed E-state index contributed by atoms with van der Waals surface area (Å²) in [5, 5.41) is 17.1. The molecule has 1 N–H and O–H groups in total. The molecule has 0 aliphatic heterocycles. The van der Waals surface area contributed by atoms with Crippen LogP contribution in [0.2, 0.25) is 0 Å². The highest BCUT2D eigenvalue weighted by Crippen LogP contribution is 2.21. The maximum absolute atomic E-state index is 12.4. The number of nitrogens with zero attached hydrogens (tertiary/aromatic N) is 4. The highest BCUT2D eigenvalue weighted by Gasteiger charge is 2.10. The van der Waals surface area contributed by atoms with Gasteiger partial charge in [0.05, 0.1) is 12.8 Å². The lowest BCUT2D eigenvalue weighted by atomic mass is 10.1. The maximum atomic E-state index is 12.4. The third-order valence-corrected chi connectivity index (χ3v) is 3.64. The molecule has 0 unspecified atom stereocenters. The Bertz CT molecular complexity index is 927. The summed E-state index contributed by atoms with van der Waals surface area (Å²) in [6.07, 6.45) is 1.79. The quantitative estimate of drug-likeness (QED) is 0.735. The third kappa shape index (κ3) is 3.12. The van der Waals surface area contributed by atoms with Gasteiger partial charge in [0.15, 0.2) is 0 Å². The number of aryl methyl sites for hydroxylation is 1. The summed E-state index contributed by atoms with van der Waals surface area (Å²) in [4.78, 5) is 23.0. The molecule has 3 aromatic rings. The van der Waals surface area contributed by atoms with Crippen LogP contribution in [-0.4, -0.2) is 37.6 Å². The fourth-order valence-electron chi connectivity index (χ4n) is 2.38. The van der Waals surface area contributed by atoms with Crippen LogP contribution in [0.5, 0.6) is 5.75 Å². The van der Waals surface area contributed by atoms with Crippen molar-refractivity contribution >= 4 is 11.5 Å². The monoisotopic (exact) mass is 328 g/mol. The van der Waals surface area contributed by atoms with Crippen molar-refractivity contribution in [1.29, 1.82) is 0 Å². The first kappa shape index (κ1) is 15.7. The Hall–Kier alpha value is -3.16. The molecule has 0 amide bonds. The standard InChI is InChI=1S/C16H16N4O4/c1-24-12-6-4-11(5-7-12)13-9-14-16(23)19(8-2-3-15(21)22)17-10-20(14)18-13/h4-7,9-10H,2-3,8H2,1H3,(H,21,22). The molecule has 0 radical (unpaired) electrons. The van der Waals surface area contributed by atoms with E-state index in [4.69, 9.17) is 9.84 Å². The molecule has 0 fully saturated rings. The van der Waals surface area contributed by atoms with E-state index in [0.717, 1.165) is 11.3 Å². The molecule has 2 heterocycles. The fraction of sp³-hybridized carbons (Fsp3) is 0.250. The van der Waals surface area contributed by atoms with Crippen LogP contribution in [0.25, 0.3) is 16.8 Å². The molecule has 2 aromatic heterocycles. The molecule has 0 atom stereocenters.